The number of fused-ring (bicyclic) bond motifs is 1. The van der Waals surface area contributed by atoms with Crippen LogP contribution in [0, 0.1) is 0 Å². The highest BCUT2D eigenvalue weighted by molar-refractivity contribution is 5.66. The van der Waals surface area contributed by atoms with Crippen LogP contribution in [0.15, 0.2) is 24.3 Å². The third-order valence-electron chi connectivity index (χ3n) is 4.07. The summed E-state index contributed by atoms with van der Waals surface area (Å²) in [5, 5.41) is 4.95. The molecular formula is C17H24N4. The average Bonchev–Trinajstić information content (AvgIpc) is 2.78. The molecule has 4 nitrogen and oxygen atoms in total. The van der Waals surface area contributed by atoms with E-state index in [4.69, 9.17) is 10.8 Å². The highest BCUT2D eigenvalue weighted by Gasteiger charge is 2.28. The Labute approximate surface area is 126 Å². The molecule has 112 valence electrons. The molecule has 0 radical (unpaired) electrons. The lowest BCUT2D eigenvalue weighted by Crippen LogP contribution is -2.31. The molecule has 1 aromatic carbocycles. The Morgan fingerprint density at radius 2 is 1.81 bits per heavy atom. The Kier molecular flexibility index (Phi) is 3.29. The van der Waals surface area contributed by atoms with Gasteiger partial charge in [-0.1, -0.05) is 12.1 Å². The summed E-state index contributed by atoms with van der Waals surface area (Å²) in [4.78, 5) is 2.36. The Morgan fingerprint density at radius 1 is 1.14 bits per heavy atom. The van der Waals surface area contributed by atoms with Gasteiger partial charge in [-0.15, -0.1) is 0 Å². The van der Waals surface area contributed by atoms with Crippen molar-refractivity contribution in [3.8, 4) is 11.3 Å². The Bertz CT molecular complexity index is 647. The molecule has 0 aliphatic carbocycles. The number of hydrogen-bond acceptors (Lipinski definition) is 3. The molecule has 2 heterocycles. The van der Waals surface area contributed by atoms with Crippen LogP contribution in [-0.2, 0) is 18.5 Å². The zero-order chi connectivity index (χ0) is 15.2. The van der Waals surface area contributed by atoms with E-state index < -0.39 is 0 Å². The minimum absolute atomic E-state index is 0.00600. The minimum Gasteiger partial charge on any atom is -0.399 e. The van der Waals surface area contributed by atoms with Gasteiger partial charge in [-0.3, -0.25) is 4.68 Å². The average molecular weight is 284 g/mol. The first kappa shape index (κ1) is 14.1. The molecule has 21 heavy (non-hydrogen) atoms. The summed E-state index contributed by atoms with van der Waals surface area (Å²) in [5.74, 6) is 0. The van der Waals surface area contributed by atoms with E-state index in [-0.39, 0.29) is 5.54 Å². The van der Waals surface area contributed by atoms with Gasteiger partial charge in [0.15, 0.2) is 0 Å². The topological polar surface area (TPSA) is 47.1 Å². The zero-order valence-corrected chi connectivity index (χ0v) is 13.3. The number of anilines is 1. The Morgan fingerprint density at radius 3 is 2.43 bits per heavy atom. The summed E-state index contributed by atoms with van der Waals surface area (Å²) in [7, 11) is 2.17. The number of nitrogen functional groups attached to an aromatic ring is 1. The molecule has 4 heteroatoms. The first-order chi connectivity index (χ1) is 9.86. The lowest BCUT2D eigenvalue weighted by atomic mass is 10.00. The molecule has 0 bridgehead atoms. The van der Waals surface area contributed by atoms with Gasteiger partial charge >= 0.3 is 0 Å². The molecule has 1 aliphatic rings. The van der Waals surface area contributed by atoms with Gasteiger partial charge < -0.3 is 10.6 Å². The molecule has 1 aromatic heterocycles. The molecule has 1 aliphatic heterocycles. The number of hydrogen-bond donors (Lipinski definition) is 1. The summed E-state index contributed by atoms with van der Waals surface area (Å²) in [6, 6.07) is 8.04. The largest absolute Gasteiger partial charge is 0.399 e. The fourth-order valence-electron chi connectivity index (χ4n) is 2.98. The second-order valence-electron chi connectivity index (χ2n) is 6.97. The van der Waals surface area contributed by atoms with Gasteiger partial charge in [0, 0.05) is 42.0 Å². The van der Waals surface area contributed by atoms with Crippen molar-refractivity contribution in [2.75, 3.05) is 19.3 Å². The van der Waals surface area contributed by atoms with Crippen molar-refractivity contribution in [2.24, 2.45) is 0 Å². The normalized spacial score (nSPS) is 16.0. The molecule has 2 aromatic rings. The Balaban J connectivity index is 2.16. The first-order valence-electron chi connectivity index (χ1n) is 7.52. The summed E-state index contributed by atoms with van der Waals surface area (Å²) >= 11 is 0. The quantitative estimate of drug-likeness (QED) is 0.819. The van der Waals surface area contributed by atoms with E-state index in [1.54, 1.807) is 0 Å². The second-order valence-corrected chi connectivity index (χ2v) is 6.97. The lowest BCUT2D eigenvalue weighted by molar-refractivity contribution is 0.288. The maximum atomic E-state index is 5.81. The number of nitrogens with two attached hydrogens (primary N) is 1. The molecule has 0 fully saturated rings. The van der Waals surface area contributed by atoms with Crippen molar-refractivity contribution in [1.29, 1.82) is 0 Å². The van der Waals surface area contributed by atoms with Crippen LogP contribution in [0.1, 0.15) is 32.0 Å². The molecule has 0 saturated carbocycles. The van der Waals surface area contributed by atoms with Crippen molar-refractivity contribution in [1.82, 2.24) is 14.7 Å². The number of rotatable bonds is 1. The van der Waals surface area contributed by atoms with Crippen LogP contribution in [-0.4, -0.2) is 28.3 Å². The van der Waals surface area contributed by atoms with Crippen LogP contribution >= 0.6 is 0 Å². The van der Waals surface area contributed by atoms with Crippen LogP contribution in [0.3, 0.4) is 0 Å². The zero-order valence-electron chi connectivity index (χ0n) is 13.3. The summed E-state index contributed by atoms with van der Waals surface area (Å²) in [5.41, 5.74) is 11.6. The van der Waals surface area contributed by atoms with Crippen molar-refractivity contribution in [3.05, 3.63) is 35.5 Å². The summed E-state index contributed by atoms with van der Waals surface area (Å²) in [6.07, 6.45) is 1.06. The maximum Gasteiger partial charge on any atom is 0.0971 e. The standard InChI is InChI=1S/C17H24N4/c1-17(2,3)21-15-9-10-20(4)11-14(15)16(19-21)12-5-7-13(18)8-6-12/h5-8H,9-11,18H2,1-4H3. The van der Waals surface area contributed by atoms with Crippen molar-refractivity contribution >= 4 is 5.69 Å². The van der Waals surface area contributed by atoms with E-state index in [1.165, 1.54) is 11.3 Å². The molecule has 0 spiro atoms. The van der Waals surface area contributed by atoms with Gasteiger partial charge in [-0.25, -0.2) is 0 Å². The van der Waals surface area contributed by atoms with Crippen LogP contribution in [0.25, 0.3) is 11.3 Å². The third kappa shape index (κ3) is 2.56. The van der Waals surface area contributed by atoms with Gasteiger partial charge in [0.2, 0.25) is 0 Å². The van der Waals surface area contributed by atoms with Gasteiger partial charge in [0.1, 0.15) is 0 Å². The van der Waals surface area contributed by atoms with E-state index in [2.05, 4.69) is 49.5 Å². The van der Waals surface area contributed by atoms with E-state index >= 15 is 0 Å². The van der Waals surface area contributed by atoms with Gasteiger partial charge in [-0.2, -0.15) is 5.10 Å². The van der Waals surface area contributed by atoms with Crippen LogP contribution < -0.4 is 5.73 Å². The van der Waals surface area contributed by atoms with Gasteiger partial charge in [-0.05, 0) is 40.0 Å². The number of aromatic nitrogens is 2. The monoisotopic (exact) mass is 284 g/mol. The maximum absolute atomic E-state index is 5.81. The number of nitrogens with zero attached hydrogens (tertiary/aromatic N) is 3. The fraction of sp³-hybridized carbons (Fsp3) is 0.471. The van der Waals surface area contributed by atoms with Crippen molar-refractivity contribution < 1.29 is 0 Å². The number of likely N-dealkylation sites (N-methyl/N-ethyl adjacent to an activating group) is 1. The second kappa shape index (κ2) is 4.88. The van der Waals surface area contributed by atoms with E-state index in [1.807, 2.05) is 12.1 Å². The predicted molar refractivity (Wildman–Crippen MR) is 87.1 cm³/mol. The molecule has 0 amide bonds. The fourth-order valence-corrected chi connectivity index (χ4v) is 2.98. The van der Waals surface area contributed by atoms with Gasteiger partial charge in [0.25, 0.3) is 0 Å². The molecule has 0 atom stereocenters. The summed E-state index contributed by atoms with van der Waals surface area (Å²) in [6.45, 7) is 8.70. The van der Waals surface area contributed by atoms with Gasteiger partial charge in [0.05, 0.1) is 11.2 Å². The van der Waals surface area contributed by atoms with Crippen LogP contribution in [0.5, 0.6) is 0 Å². The molecular weight excluding hydrogens is 260 g/mol. The third-order valence-corrected chi connectivity index (χ3v) is 4.07. The highest BCUT2D eigenvalue weighted by atomic mass is 15.3. The van der Waals surface area contributed by atoms with Crippen LogP contribution in [0.4, 0.5) is 5.69 Å². The minimum atomic E-state index is 0.00600. The Hall–Kier alpha value is -1.81. The van der Waals surface area contributed by atoms with E-state index in [0.717, 1.165) is 36.5 Å². The van der Waals surface area contributed by atoms with Crippen molar-refractivity contribution in [3.63, 3.8) is 0 Å². The number of benzene rings is 1. The van der Waals surface area contributed by atoms with E-state index in [0.29, 0.717) is 0 Å². The van der Waals surface area contributed by atoms with E-state index in [9.17, 15) is 0 Å². The van der Waals surface area contributed by atoms with Crippen molar-refractivity contribution in [2.45, 2.75) is 39.3 Å². The SMILES string of the molecule is CN1CCc2c(c(-c3ccc(N)cc3)nn2C(C)(C)C)C1. The molecule has 3 rings (SSSR count). The van der Waals surface area contributed by atoms with Crippen LogP contribution in [0.2, 0.25) is 0 Å². The summed E-state index contributed by atoms with van der Waals surface area (Å²) < 4.78 is 2.21. The molecule has 0 unspecified atom stereocenters. The lowest BCUT2D eigenvalue weighted by Gasteiger charge is -2.27. The first-order valence-corrected chi connectivity index (χ1v) is 7.52. The molecule has 2 N–H and O–H groups in total. The predicted octanol–water partition coefficient (Wildman–Crippen LogP) is 2.88. The molecule has 0 saturated heterocycles. The highest BCUT2D eigenvalue weighted by Crippen LogP contribution is 2.32. The smallest absolute Gasteiger partial charge is 0.0971 e.